The Kier molecular flexibility index (Phi) is 5.45. The number of rotatable bonds is 5. The number of carbonyl (C=O) groups excluding carboxylic acids is 1. The van der Waals surface area contributed by atoms with Crippen molar-refractivity contribution in [3.05, 3.63) is 119 Å². The Labute approximate surface area is 227 Å². The summed E-state index contributed by atoms with van der Waals surface area (Å²) in [5.74, 6) is -0.470. The quantitative estimate of drug-likeness (QED) is 0.302. The van der Waals surface area contributed by atoms with E-state index >= 15 is 4.39 Å². The highest BCUT2D eigenvalue weighted by molar-refractivity contribution is 6.03. The molecule has 0 saturated carbocycles. The van der Waals surface area contributed by atoms with Crippen LogP contribution in [0.1, 0.15) is 16.1 Å². The van der Waals surface area contributed by atoms with Crippen LogP contribution in [0, 0.1) is 5.82 Å². The van der Waals surface area contributed by atoms with Crippen LogP contribution in [0.5, 0.6) is 11.5 Å². The summed E-state index contributed by atoms with van der Waals surface area (Å²) in [5, 5.41) is 1.88. The maximum absolute atomic E-state index is 15.7. The van der Waals surface area contributed by atoms with Crippen LogP contribution >= 0.6 is 0 Å². The number of hydrogen-bond acceptors (Lipinski definition) is 5. The van der Waals surface area contributed by atoms with Gasteiger partial charge in [-0.2, -0.15) is 0 Å². The molecule has 0 saturated heterocycles. The van der Waals surface area contributed by atoms with Gasteiger partial charge in [0.05, 0.1) is 17.4 Å². The van der Waals surface area contributed by atoms with Gasteiger partial charge in [0.25, 0.3) is 5.91 Å². The average molecular weight is 532 g/mol. The molecular formula is C31H22FN5O3. The lowest BCUT2D eigenvalue weighted by molar-refractivity contribution is 0.0794. The van der Waals surface area contributed by atoms with Crippen molar-refractivity contribution in [1.29, 1.82) is 0 Å². The van der Waals surface area contributed by atoms with Crippen LogP contribution in [0.25, 0.3) is 33.1 Å². The monoisotopic (exact) mass is 531 g/mol. The van der Waals surface area contributed by atoms with Crippen LogP contribution in [0.2, 0.25) is 0 Å². The number of nitrogens with zero attached hydrogens (tertiary/aromatic N) is 5. The van der Waals surface area contributed by atoms with Gasteiger partial charge in [-0.3, -0.25) is 14.6 Å². The molecular weight excluding hydrogens is 509 g/mol. The molecule has 6 aromatic rings. The van der Waals surface area contributed by atoms with E-state index in [1.165, 1.54) is 28.1 Å². The minimum Gasteiger partial charge on any atom is -0.451 e. The van der Waals surface area contributed by atoms with E-state index in [4.69, 9.17) is 4.74 Å². The number of amides is 1. The lowest BCUT2D eigenvalue weighted by Gasteiger charge is -2.27. The molecule has 7 rings (SSSR count). The van der Waals surface area contributed by atoms with Crippen LogP contribution in [0.15, 0.2) is 96.6 Å². The number of imidazole rings is 1. The molecule has 0 atom stereocenters. The zero-order valence-electron chi connectivity index (χ0n) is 21.4. The van der Waals surface area contributed by atoms with Gasteiger partial charge >= 0.3 is 0 Å². The van der Waals surface area contributed by atoms with Crippen molar-refractivity contribution in [3.8, 4) is 22.9 Å². The SMILES string of the molecule is CN(CCc1ccccn1)C(=O)c1cn2c3c(c(-n4ccnc4)c(F)cc3c1=O)Oc1ccc3ccccc3c1-2. The maximum atomic E-state index is 15.7. The summed E-state index contributed by atoms with van der Waals surface area (Å²) in [5.41, 5.74) is 1.39. The Morgan fingerprint density at radius 2 is 1.88 bits per heavy atom. The van der Waals surface area contributed by atoms with Crippen molar-refractivity contribution >= 4 is 27.6 Å². The first-order valence-corrected chi connectivity index (χ1v) is 12.8. The summed E-state index contributed by atoms with van der Waals surface area (Å²) in [6.45, 7) is 0.356. The molecule has 1 aliphatic rings. The van der Waals surface area contributed by atoms with E-state index in [0.29, 0.717) is 29.9 Å². The molecule has 0 bridgehead atoms. The molecule has 1 aliphatic heterocycles. The fourth-order valence-electron chi connectivity index (χ4n) is 5.28. The largest absolute Gasteiger partial charge is 0.451 e. The van der Waals surface area contributed by atoms with Crippen LogP contribution in [-0.2, 0) is 6.42 Å². The first kappa shape index (κ1) is 23.8. The zero-order chi connectivity index (χ0) is 27.4. The minimum atomic E-state index is -0.665. The number of hydrogen-bond donors (Lipinski definition) is 0. The summed E-state index contributed by atoms with van der Waals surface area (Å²) < 4.78 is 25.3. The first-order chi connectivity index (χ1) is 19.5. The summed E-state index contributed by atoms with van der Waals surface area (Å²) in [4.78, 5) is 37.3. The molecule has 0 fully saturated rings. The van der Waals surface area contributed by atoms with Crippen molar-refractivity contribution in [3.63, 3.8) is 0 Å². The van der Waals surface area contributed by atoms with Gasteiger partial charge in [0, 0.05) is 55.9 Å². The smallest absolute Gasteiger partial charge is 0.259 e. The van der Waals surface area contributed by atoms with E-state index in [1.807, 2.05) is 54.6 Å². The van der Waals surface area contributed by atoms with Gasteiger partial charge in [0.15, 0.2) is 17.3 Å². The number of likely N-dealkylation sites (N-methyl/N-ethyl adjacent to an activating group) is 1. The van der Waals surface area contributed by atoms with Gasteiger partial charge in [0.1, 0.15) is 16.8 Å². The molecule has 0 radical (unpaired) electrons. The predicted molar refractivity (Wildman–Crippen MR) is 149 cm³/mol. The van der Waals surface area contributed by atoms with Gasteiger partial charge in [-0.15, -0.1) is 0 Å². The number of ether oxygens (including phenoxy) is 1. The third-order valence-electron chi connectivity index (χ3n) is 7.26. The Morgan fingerprint density at radius 3 is 2.67 bits per heavy atom. The van der Waals surface area contributed by atoms with E-state index < -0.39 is 17.2 Å². The maximum Gasteiger partial charge on any atom is 0.259 e. The second kappa shape index (κ2) is 9.16. The second-order valence-electron chi connectivity index (χ2n) is 9.68. The molecule has 3 aromatic heterocycles. The molecule has 40 heavy (non-hydrogen) atoms. The van der Waals surface area contributed by atoms with E-state index in [9.17, 15) is 9.59 Å². The van der Waals surface area contributed by atoms with Gasteiger partial charge in [-0.05, 0) is 29.7 Å². The van der Waals surface area contributed by atoms with Crippen molar-refractivity contribution < 1.29 is 13.9 Å². The minimum absolute atomic E-state index is 0.0546. The Hall–Kier alpha value is -5.31. The van der Waals surface area contributed by atoms with E-state index in [1.54, 1.807) is 30.2 Å². The lowest BCUT2D eigenvalue weighted by Crippen LogP contribution is -2.33. The van der Waals surface area contributed by atoms with Crippen LogP contribution < -0.4 is 10.2 Å². The van der Waals surface area contributed by atoms with Crippen molar-refractivity contribution in [2.24, 2.45) is 0 Å². The predicted octanol–water partition coefficient (Wildman–Crippen LogP) is 5.28. The Morgan fingerprint density at radius 1 is 1.02 bits per heavy atom. The highest BCUT2D eigenvalue weighted by atomic mass is 19.1. The third kappa shape index (κ3) is 3.66. The molecule has 0 aliphatic carbocycles. The van der Waals surface area contributed by atoms with Gasteiger partial charge in [-0.1, -0.05) is 36.4 Å². The average Bonchev–Trinajstić information content (AvgIpc) is 3.51. The number of carbonyl (C=O) groups is 1. The van der Waals surface area contributed by atoms with E-state index in [-0.39, 0.29) is 22.4 Å². The molecule has 0 unspecified atom stereocenters. The summed E-state index contributed by atoms with van der Waals surface area (Å²) >= 11 is 0. The molecule has 1 amide bonds. The van der Waals surface area contributed by atoms with E-state index in [0.717, 1.165) is 16.5 Å². The Bertz CT molecular complexity index is 2000. The summed E-state index contributed by atoms with van der Waals surface area (Å²) in [7, 11) is 1.64. The Balaban J connectivity index is 1.46. The summed E-state index contributed by atoms with van der Waals surface area (Å²) in [6.07, 6.45) is 8.39. The number of fused-ring (bicyclic) bond motifs is 4. The second-order valence-corrected chi connectivity index (χ2v) is 9.68. The van der Waals surface area contributed by atoms with Crippen LogP contribution in [0.3, 0.4) is 0 Å². The molecule has 8 nitrogen and oxygen atoms in total. The lowest BCUT2D eigenvalue weighted by atomic mass is 10.0. The fourth-order valence-corrected chi connectivity index (χ4v) is 5.28. The van der Waals surface area contributed by atoms with Crippen molar-refractivity contribution in [1.82, 2.24) is 24.0 Å². The molecule has 9 heteroatoms. The van der Waals surface area contributed by atoms with Crippen LogP contribution in [-0.4, -0.2) is 43.5 Å². The molecule has 3 aromatic carbocycles. The van der Waals surface area contributed by atoms with Crippen LogP contribution in [0.4, 0.5) is 4.39 Å². The highest BCUT2D eigenvalue weighted by Gasteiger charge is 2.30. The van der Waals surface area contributed by atoms with Gasteiger partial charge in [-0.25, -0.2) is 9.37 Å². The van der Waals surface area contributed by atoms with Crippen molar-refractivity contribution in [2.45, 2.75) is 6.42 Å². The molecule has 0 spiro atoms. The molecule has 0 N–H and O–H groups in total. The standard InChI is InChI=1S/C31H22FN5O3/c1-35(14-11-20-7-4-5-12-34-20)31(39)23-17-37-26-21-8-3-2-6-19(21)9-10-25(26)40-30-27(37)22(29(23)38)16-24(32)28(30)36-15-13-33-18-36/h2-10,12-13,15-18H,11,14H2,1H3. The number of benzene rings is 3. The first-order valence-electron chi connectivity index (χ1n) is 12.8. The topological polar surface area (TPSA) is 82.3 Å². The molecule has 196 valence electrons. The van der Waals surface area contributed by atoms with Gasteiger partial charge in [0.2, 0.25) is 5.43 Å². The fraction of sp³-hybridized carbons (Fsp3) is 0.0968. The van der Waals surface area contributed by atoms with E-state index in [2.05, 4.69) is 9.97 Å². The normalized spacial score (nSPS) is 11.8. The van der Waals surface area contributed by atoms with Crippen molar-refractivity contribution in [2.75, 3.05) is 13.6 Å². The number of pyridine rings is 2. The number of aromatic nitrogens is 4. The summed E-state index contributed by atoms with van der Waals surface area (Å²) in [6, 6.07) is 18.3. The highest BCUT2D eigenvalue weighted by Crippen LogP contribution is 2.46. The van der Waals surface area contributed by atoms with Gasteiger partial charge < -0.3 is 18.8 Å². The zero-order valence-corrected chi connectivity index (χ0v) is 21.4. The third-order valence-corrected chi connectivity index (χ3v) is 7.26. The number of halogens is 1. The molecule has 4 heterocycles.